The van der Waals surface area contributed by atoms with Crippen LogP contribution < -0.4 is 14.8 Å². The summed E-state index contributed by atoms with van der Waals surface area (Å²) in [7, 11) is 0. The molecule has 23 heavy (non-hydrogen) atoms. The Bertz CT molecular complexity index is 699. The van der Waals surface area contributed by atoms with E-state index in [1.54, 1.807) is 0 Å². The standard InChI is InChI=1S/C19H21NO3/c1-3-13(2)14-8-4-5-9-15(14)20-19(21)18-12-22-16-10-6-7-11-17(16)23-18/h4-11,13,18H,3,12H2,1-2H3,(H,20,21)/t13-,18+/m1/s1. The van der Waals surface area contributed by atoms with Crippen LogP contribution in [0.1, 0.15) is 31.7 Å². The van der Waals surface area contributed by atoms with Gasteiger partial charge in [0.15, 0.2) is 11.5 Å². The summed E-state index contributed by atoms with van der Waals surface area (Å²) in [4.78, 5) is 12.5. The first-order valence-corrected chi connectivity index (χ1v) is 7.97. The zero-order chi connectivity index (χ0) is 16.2. The van der Waals surface area contributed by atoms with Crippen LogP contribution in [0.4, 0.5) is 5.69 Å². The van der Waals surface area contributed by atoms with E-state index in [0.29, 0.717) is 17.4 Å². The molecular weight excluding hydrogens is 290 g/mol. The van der Waals surface area contributed by atoms with E-state index in [4.69, 9.17) is 9.47 Å². The summed E-state index contributed by atoms with van der Waals surface area (Å²) in [5.41, 5.74) is 1.98. The van der Waals surface area contributed by atoms with Crippen LogP contribution in [0.25, 0.3) is 0 Å². The van der Waals surface area contributed by atoms with Gasteiger partial charge in [-0.2, -0.15) is 0 Å². The molecule has 4 nitrogen and oxygen atoms in total. The maximum atomic E-state index is 12.5. The highest BCUT2D eigenvalue weighted by atomic mass is 16.6. The van der Waals surface area contributed by atoms with E-state index in [1.165, 1.54) is 0 Å². The molecule has 120 valence electrons. The number of para-hydroxylation sites is 3. The van der Waals surface area contributed by atoms with Gasteiger partial charge in [0, 0.05) is 5.69 Å². The molecule has 1 N–H and O–H groups in total. The van der Waals surface area contributed by atoms with Crippen LogP contribution >= 0.6 is 0 Å². The normalized spacial score (nSPS) is 17.4. The SMILES string of the molecule is CC[C@@H](C)c1ccccc1NC(=O)[C@@H]1COc2ccccc2O1. The predicted octanol–water partition coefficient (Wildman–Crippen LogP) is 3.98. The zero-order valence-corrected chi connectivity index (χ0v) is 13.4. The summed E-state index contributed by atoms with van der Waals surface area (Å²) >= 11 is 0. The third-order valence-corrected chi connectivity index (χ3v) is 4.16. The van der Waals surface area contributed by atoms with E-state index in [9.17, 15) is 4.79 Å². The lowest BCUT2D eigenvalue weighted by Crippen LogP contribution is -2.40. The molecule has 0 aromatic heterocycles. The minimum absolute atomic E-state index is 0.185. The number of rotatable bonds is 4. The van der Waals surface area contributed by atoms with Crippen molar-refractivity contribution in [3.63, 3.8) is 0 Å². The number of ether oxygens (including phenoxy) is 2. The first kappa shape index (κ1) is 15.4. The van der Waals surface area contributed by atoms with Gasteiger partial charge in [0.25, 0.3) is 5.91 Å². The molecule has 1 heterocycles. The van der Waals surface area contributed by atoms with E-state index in [-0.39, 0.29) is 12.5 Å². The Morgan fingerprint density at radius 2 is 1.87 bits per heavy atom. The minimum atomic E-state index is -0.644. The summed E-state index contributed by atoms with van der Waals surface area (Å²) in [6, 6.07) is 15.3. The highest BCUT2D eigenvalue weighted by molar-refractivity contribution is 5.95. The quantitative estimate of drug-likeness (QED) is 0.929. The highest BCUT2D eigenvalue weighted by Crippen LogP contribution is 2.32. The maximum absolute atomic E-state index is 12.5. The Hall–Kier alpha value is -2.49. The lowest BCUT2D eigenvalue weighted by atomic mass is 9.97. The molecule has 0 bridgehead atoms. The van der Waals surface area contributed by atoms with Gasteiger partial charge in [-0.15, -0.1) is 0 Å². The average Bonchev–Trinajstić information content (AvgIpc) is 2.61. The molecule has 0 unspecified atom stereocenters. The molecule has 0 fully saturated rings. The molecule has 1 aliphatic heterocycles. The number of hydrogen-bond donors (Lipinski definition) is 1. The van der Waals surface area contributed by atoms with Gasteiger partial charge >= 0.3 is 0 Å². The maximum Gasteiger partial charge on any atom is 0.269 e. The van der Waals surface area contributed by atoms with Crippen LogP contribution in [0.3, 0.4) is 0 Å². The second-order valence-corrected chi connectivity index (χ2v) is 5.75. The van der Waals surface area contributed by atoms with Crippen LogP contribution in [0.15, 0.2) is 48.5 Å². The first-order chi connectivity index (χ1) is 11.2. The van der Waals surface area contributed by atoms with Crippen molar-refractivity contribution in [2.45, 2.75) is 32.3 Å². The molecular formula is C19H21NO3. The van der Waals surface area contributed by atoms with E-state index in [1.807, 2.05) is 42.5 Å². The van der Waals surface area contributed by atoms with Crippen molar-refractivity contribution >= 4 is 11.6 Å². The second kappa shape index (κ2) is 6.73. The Morgan fingerprint density at radius 1 is 1.17 bits per heavy atom. The number of nitrogens with one attached hydrogen (secondary N) is 1. The van der Waals surface area contributed by atoms with Crippen molar-refractivity contribution in [3.05, 3.63) is 54.1 Å². The van der Waals surface area contributed by atoms with Crippen molar-refractivity contribution in [1.29, 1.82) is 0 Å². The van der Waals surface area contributed by atoms with Crippen molar-refractivity contribution in [3.8, 4) is 11.5 Å². The predicted molar refractivity (Wildman–Crippen MR) is 90.1 cm³/mol. The van der Waals surface area contributed by atoms with Gasteiger partial charge in [0.2, 0.25) is 6.10 Å². The van der Waals surface area contributed by atoms with Crippen LogP contribution in [0.2, 0.25) is 0 Å². The molecule has 3 rings (SSSR count). The van der Waals surface area contributed by atoms with Crippen molar-refractivity contribution in [2.75, 3.05) is 11.9 Å². The molecule has 1 aliphatic rings. The van der Waals surface area contributed by atoms with Crippen LogP contribution in [0, 0.1) is 0 Å². The number of anilines is 1. The summed E-state index contributed by atoms with van der Waals surface area (Å²) in [6.45, 7) is 4.51. The molecule has 0 radical (unpaired) electrons. The van der Waals surface area contributed by atoms with Crippen LogP contribution in [0.5, 0.6) is 11.5 Å². The Labute approximate surface area is 136 Å². The Balaban J connectivity index is 1.74. The third kappa shape index (κ3) is 3.31. The molecule has 0 saturated heterocycles. The average molecular weight is 311 g/mol. The van der Waals surface area contributed by atoms with Crippen molar-refractivity contribution in [2.24, 2.45) is 0 Å². The van der Waals surface area contributed by atoms with Gasteiger partial charge in [-0.3, -0.25) is 4.79 Å². The topological polar surface area (TPSA) is 47.6 Å². The Morgan fingerprint density at radius 3 is 2.65 bits per heavy atom. The molecule has 4 heteroatoms. The highest BCUT2D eigenvalue weighted by Gasteiger charge is 2.27. The molecule has 2 aromatic carbocycles. The third-order valence-electron chi connectivity index (χ3n) is 4.16. The molecule has 2 aromatic rings. The Kier molecular flexibility index (Phi) is 4.51. The zero-order valence-electron chi connectivity index (χ0n) is 13.4. The largest absolute Gasteiger partial charge is 0.485 e. The first-order valence-electron chi connectivity index (χ1n) is 7.97. The van der Waals surface area contributed by atoms with Crippen molar-refractivity contribution < 1.29 is 14.3 Å². The van der Waals surface area contributed by atoms with Gasteiger partial charge in [0.1, 0.15) is 6.61 Å². The van der Waals surface area contributed by atoms with Gasteiger partial charge in [0.05, 0.1) is 0 Å². The van der Waals surface area contributed by atoms with Gasteiger partial charge in [-0.1, -0.05) is 44.2 Å². The fraction of sp³-hybridized carbons (Fsp3) is 0.316. The molecule has 0 aliphatic carbocycles. The summed E-state index contributed by atoms with van der Waals surface area (Å²) in [5, 5.41) is 2.98. The molecule has 0 saturated carbocycles. The lowest BCUT2D eigenvalue weighted by molar-refractivity contribution is -0.125. The fourth-order valence-corrected chi connectivity index (χ4v) is 2.62. The molecule has 0 spiro atoms. The van der Waals surface area contributed by atoms with E-state index >= 15 is 0 Å². The van der Waals surface area contributed by atoms with Crippen LogP contribution in [-0.4, -0.2) is 18.6 Å². The lowest BCUT2D eigenvalue weighted by Gasteiger charge is -2.26. The fourth-order valence-electron chi connectivity index (χ4n) is 2.62. The number of amides is 1. The van der Waals surface area contributed by atoms with E-state index in [0.717, 1.165) is 17.7 Å². The minimum Gasteiger partial charge on any atom is -0.485 e. The molecule has 1 amide bonds. The second-order valence-electron chi connectivity index (χ2n) is 5.75. The van der Waals surface area contributed by atoms with Gasteiger partial charge < -0.3 is 14.8 Å². The number of carbonyl (C=O) groups is 1. The van der Waals surface area contributed by atoms with E-state index < -0.39 is 6.10 Å². The van der Waals surface area contributed by atoms with Crippen molar-refractivity contribution in [1.82, 2.24) is 0 Å². The molecule has 2 atom stereocenters. The van der Waals surface area contributed by atoms with Gasteiger partial charge in [-0.05, 0) is 36.1 Å². The number of carbonyl (C=O) groups excluding carboxylic acids is 1. The smallest absolute Gasteiger partial charge is 0.269 e. The van der Waals surface area contributed by atoms with Gasteiger partial charge in [-0.25, -0.2) is 0 Å². The summed E-state index contributed by atoms with van der Waals surface area (Å²) in [6.07, 6.45) is 0.374. The summed E-state index contributed by atoms with van der Waals surface area (Å²) in [5.74, 6) is 1.48. The van der Waals surface area contributed by atoms with Crippen LogP contribution in [-0.2, 0) is 4.79 Å². The number of fused-ring (bicyclic) bond motifs is 1. The number of hydrogen-bond acceptors (Lipinski definition) is 3. The van der Waals surface area contributed by atoms with E-state index in [2.05, 4.69) is 25.2 Å². The number of benzene rings is 2. The summed E-state index contributed by atoms with van der Waals surface area (Å²) < 4.78 is 11.4. The monoisotopic (exact) mass is 311 g/mol.